The number of allylic oxidation sites excluding steroid dienone is 1. The van der Waals surface area contributed by atoms with Crippen LogP contribution in [0, 0.1) is 11.3 Å². The van der Waals surface area contributed by atoms with Gasteiger partial charge in [0.15, 0.2) is 10.8 Å². The van der Waals surface area contributed by atoms with Crippen molar-refractivity contribution >= 4 is 39.1 Å². The van der Waals surface area contributed by atoms with Gasteiger partial charge in [-0.05, 0) is 36.6 Å². The number of carbonyl (C=O) groups is 1. The highest BCUT2D eigenvalue weighted by Gasteiger charge is 2.03. The maximum absolute atomic E-state index is 10.7. The van der Waals surface area contributed by atoms with Crippen molar-refractivity contribution < 1.29 is 4.79 Å². The first-order valence-electron chi connectivity index (χ1n) is 4.83. The van der Waals surface area contributed by atoms with E-state index in [2.05, 4.69) is 4.98 Å². The number of fused-ring (bicyclic) bond motifs is 1. The van der Waals surface area contributed by atoms with Gasteiger partial charge in [-0.15, -0.1) is 11.3 Å². The maximum atomic E-state index is 10.7. The summed E-state index contributed by atoms with van der Waals surface area (Å²) in [6, 6.07) is 7.83. The zero-order chi connectivity index (χ0) is 12.3. The number of benzene rings is 1. The van der Waals surface area contributed by atoms with Crippen molar-refractivity contribution in [2.24, 2.45) is 0 Å². The Labute approximate surface area is 107 Å². The molecule has 0 bridgehead atoms. The quantitative estimate of drug-likeness (QED) is 0.627. The molecule has 5 heteroatoms. The number of carbonyl (C=O) groups excluding carboxylic acids is 1. The van der Waals surface area contributed by atoms with Crippen LogP contribution >= 0.6 is 23.1 Å². The van der Waals surface area contributed by atoms with Crippen molar-refractivity contribution in [2.75, 3.05) is 0 Å². The van der Waals surface area contributed by atoms with Gasteiger partial charge in [0.1, 0.15) is 6.07 Å². The predicted octanol–water partition coefficient (Wildman–Crippen LogP) is 3.36. The van der Waals surface area contributed by atoms with Gasteiger partial charge in [-0.3, -0.25) is 4.79 Å². The van der Waals surface area contributed by atoms with E-state index in [1.807, 2.05) is 24.3 Å². The molecule has 0 aliphatic heterocycles. The number of rotatable bonds is 3. The molecule has 2 aromatic rings. The molecule has 1 aromatic heterocycles. The van der Waals surface area contributed by atoms with Crippen molar-refractivity contribution in [1.29, 1.82) is 5.26 Å². The van der Waals surface area contributed by atoms with E-state index in [-0.39, 0.29) is 5.78 Å². The standard InChI is InChI=1S/C12H8N2OS2/c1-8(15)4-5-16-9-2-3-10-11(6-9)17-12(7-13)14-10/h2-6H,1H3/b5-4+. The normalized spacial score (nSPS) is 10.8. The largest absolute Gasteiger partial charge is 0.295 e. The fraction of sp³-hybridized carbons (Fsp3) is 0.0833. The van der Waals surface area contributed by atoms with Crippen LogP contribution in [-0.2, 0) is 4.79 Å². The molecular weight excluding hydrogens is 252 g/mol. The molecule has 0 radical (unpaired) electrons. The second-order valence-electron chi connectivity index (χ2n) is 3.29. The fourth-order valence-corrected chi connectivity index (χ4v) is 2.86. The Bertz CT molecular complexity index is 637. The first-order chi connectivity index (χ1) is 8.19. The number of nitriles is 1. The molecule has 0 aliphatic rings. The molecule has 0 atom stereocenters. The summed E-state index contributed by atoms with van der Waals surface area (Å²) >= 11 is 2.85. The Morgan fingerprint density at radius 2 is 2.41 bits per heavy atom. The Balaban J connectivity index is 2.25. The molecule has 17 heavy (non-hydrogen) atoms. The third-order valence-electron chi connectivity index (χ3n) is 1.96. The van der Waals surface area contributed by atoms with E-state index in [1.165, 1.54) is 36.1 Å². The summed E-state index contributed by atoms with van der Waals surface area (Å²) in [5.74, 6) is 0.0307. The second-order valence-corrected chi connectivity index (χ2v) is 5.30. The molecule has 3 nitrogen and oxygen atoms in total. The van der Waals surface area contributed by atoms with Crippen LogP contribution in [-0.4, -0.2) is 10.8 Å². The molecule has 0 spiro atoms. The molecule has 0 saturated heterocycles. The molecule has 1 heterocycles. The average molecular weight is 260 g/mol. The third-order valence-corrected chi connectivity index (χ3v) is 3.68. The van der Waals surface area contributed by atoms with Gasteiger partial charge in [0.2, 0.25) is 0 Å². The van der Waals surface area contributed by atoms with Gasteiger partial charge in [0.25, 0.3) is 0 Å². The maximum Gasteiger partial charge on any atom is 0.195 e. The van der Waals surface area contributed by atoms with Crippen LogP contribution in [0.1, 0.15) is 11.9 Å². The lowest BCUT2D eigenvalue weighted by Gasteiger charge is -1.94. The summed E-state index contributed by atoms with van der Waals surface area (Å²) < 4.78 is 0.989. The second kappa shape index (κ2) is 5.13. The van der Waals surface area contributed by atoms with Crippen molar-refractivity contribution in [2.45, 2.75) is 11.8 Å². The number of aromatic nitrogens is 1. The van der Waals surface area contributed by atoms with E-state index in [1.54, 1.807) is 5.41 Å². The van der Waals surface area contributed by atoms with Gasteiger partial charge >= 0.3 is 0 Å². The first kappa shape index (κ1) is 11.8. The van der Waals surface area contributed by atoms with E-state index in [0.717, 1.165) is 15.1 Å². The summed E-state index contributed by atoms with van der Waals surface area (Å²) in [5.41, 5.74) is 0.839. The SMILES string of the molecule is CC(=O)/C=C/Sc1ccc2nc(C#N)sc2c1. The number of thioether (sulfide) groups is 1. The Kier molecular flexibility index (Phi) is 3.57. The van der Waals surface area contributed by atoms with Crippen molar-refractivity contribution in [3.8, 4) is 6.07 Å². The van der Waals surface area contributed by atoms with Crippen molar-refractivity contribution in [1.82, 2.24) is 4.98 Å². The smallest absolute Gasteiger partial charge is 0.195 e. The zero-order valence-corrected chi connectivity index (χ0v) is 10.6. The van der Waals surface area contributed by atoms with E-state index in [9.17, 15) is 4.79 Å². The first-order valence-corrected chi connectivity index (χ1v) is 6.53. The molecule has 0 amide bonds. The van der Waals surface area contributed by atoms with E-state index in [0.29, 0.717) is 5.01 Å². The highest BCUT2D eigenvalue weighted by Crippen LogP contribution is 2.27. The Morgan fingerprint density at radius 1 is 1.59 bits per heavy atom. The van der Waals surface area contributed by atoms with Crippen LogP contribution in [0.2, 0.25) is 0 Å². The van der Waals surface area contributed by atoms with Crippen LogP contribution < -0.4 is 0 Å². The van der Waals surface area contributed by atoms with Gasteiger partial charge < -0.3 is 0 Å². The van der Waals surface area contributed by atoms with E-state index < -0.39 is 0 Å². The van der Waals surface area contributed by atoms with Crippen LogP contribution in [0.4, 0.5) is 0 Å². The third kappa shape index (κ3) is 2.93. The summed E-state index contributed by atoms with van der Waals surface area (Å²) in [5, 5.41) is 11.0. The minimum atomic E-state index is 0.0307. The van der Waals surface area contributed by atoms with Gasteiger partial charge in [0, 0.05) is 4.90 Å². The molecule has 0 aliphatic carbocycles. The average Bonchev–Trinajstić information content (AvgIpc) is 2.70. The summed E-state index contributed by atoms with van der Waals surface area (Å²) in [7, 11) is 0. The van der Waals surface area contributed by atoms with Crippen LogP contribution in [0.5, 0.6) is 0 Å². The lowest BCUT2D eigenvalue weighted by atomic mass is 10.3. The van der Waals surface area contributed by atoms with Crippen LogP contribution in [0.25, 0.3) is 10.2 Å². The lowest BCUT2D eigenvalue weighted by Crippen LogP contribution is -1.77. The number of hydrogen-bond donors (Lipinski definition) is 0. The van der Waals surface area contributed by atoms with Gasteiger partial charge in [0.05, 0.1) is 10.2 Å². The van der Waals surface area contributed by atoms with Crippen LogP contribution in [0.15, 0.2) is 34.6 Å². The monoisotopic (exact) mass is 260 g/mol. The summed E-state index contributed by atoms with van der Waals surface area (Å²) in [6.45, 7) is 1.52. The molecule has 2 rings (SSSR count). The fourth-order valence-electron chi connectivity index (χ4n) is 1.23. The number of hydrogen-bond acceptors (Lipinski definition) is 5. The van der Waals surface area contributed by atoms with E-state index >= 15 is 0 Å². The van der Waals surface area contributed by atoms with Gasteiger partial charge in [-0.25, -0.2) is 4.98 Å². The number of ketones is 1. The predicted molar refractivity (Wildman–Crippen MR) is 70.0 cm³/mol. The number of thiazole rings is 1. The van der Waals surface area contributed by atoms with Crippen molar-refractivity contribution in [3.05, 3.63) is 34.7 Å². The summed E-state index contributed by atoms with van der Waals surface area (Å²) in [4.78, 5) is 15.9. The Hall–Kier alpha value is -1.64. The van der Waals surface area contributed by atoms with E-state index in [4.69, 9.17) is 5.26 Å². The molecule has 1 aromatic carbocycles. The highest BCUT2D eigenvalue weighted by atomic mass is 32.2. The minimum absolute atomic E-state index is 0.0307. The molecule has 84 valence electrons. The molecule has 0 fully saturated rings. The molecule has 0 unspecified atom stereocenters. The van der Waals surface area contributed by atoms with Gasteiger partial charge in [-0.1, -0.05) is 11.8 Å². The Morgan fingerprint density at radius 3 is 3.12 bits per heavy atom. The molecule has 0 N–H and O–H groups in total. The number of nitrogens with zero attached hydrogens (tertiary/aromatic N) is 2. The lowest BCUT2D eigenvalue weighted by molar-refractivity contribution is -0.112. The minimum Gasteiger partial charge on any atom is -0.295 e. The van der Waals surface area contributed by atoms with Crippen LogP contribution in [0.3, 0.4) is 0 Å². The molecule has 0 saturated carbocycles. The molecular formula is C12H8N2OS2. The van der Waals surface area contributed by atoms with Crippen molar-refractivity contribution in [3.63, 3.8) is 0 Å². The topological polar surface area (TPSA) is 53.8 Å². The highest BCUT2D eigenvalue weighted by molar-refractivity contribution is 8.02. The van der Waals surface area contributed by atoms with Gasteiger partial charge in [-0.2, -0.15) is 5.26 Å². The zero-order valence-electron chi connectivity index (χ0n) is 9.01. The summed E-state index contributed by atoms with van der Waals surface area (Å²) in [6.07, 6.45) is 1.53.